The highest BCUT2D eigenvalue weighted by atomic mass is 19.1. The number of benzene rings is 2. The minimum atomic E-state index is -0.988. The second-order valence-electron chi connectivity index (χ2n) is 7.64. The van der Waals surface area contributed by atoms with Crippen molar-refractivity contribution in [2.24, 2.45) is 5.92 Å². The van der Waals surface area contributed by atoms with Crippen molar-refractivity contribution in [3.05, 3.63) is 59.9 Å². The van der Waals surface area contributed by atoms with Crippen LogP contribution in [0.25, 0.3) is 11.1 Å². The molecule has 0 aromatic heterocycles. The van der Waals surface area contributed by atoms with Crippen LogP contribution in [-0.2, 0) is 25.7 Å². The molecule has 0 spiro atoms. The Morgan fingerprint density at radius 3 is 2.45 bits per heavy atom. The van der Waals surface area contributed by atoms with E-state index in [1.807, 2.05) is 30.3 Å². The van der Waals surface area contributed by atoms with Crippen molar-refractivity contribution >= 4 is 17.9 Å². The highest BCUT2D eigenvalue weighted by molar-refractivity contribution is 6.07. The zero-order chi connectivity index (χ0) is 22.5. The molecule has 3 amide bonds. The topological polar surface area (TPSA) is 84.9 Å². The lowest BCUT2D eigenvalue weighted by molar-refractivity contribution is -0.151. The molecule has 2 atom stereocenters. The summed E-state index contributed by atoms with van der Waals surface area (Å²) in [6, 6.07) is 11.3. The Hall–Kier alpha value is -3.26. The number of methoxy groups -OCH3 is 1. The maximum atomic E-state index is 13.4. The third-order valence-electron chi connectivity index (χ3n) is 5.07. The van der Waals surface area contributed by atoms with Gasteiger partial charge in [0.25, 0.3) is 5.91 Å². The molecule has 8 heteroatoms. The fourth-order valence-electron chi connectivity index (χ4n) is 3.48. The summed E-state index contributed by atoms with van der Waals surface area (Å²) in [4.78, 5) is 37.9. The molecule has 0 bridgehead atoms. The zero-order valence-electron chi connectivity index (χ0n) is 17.6. The Kier molecular flexibility index (Phi) is 7.02. The Balaban J connectivity index is 1.58. The second-order valence-corrected chi connectivity index (χ2v) is 7.64. The number of amides is 3. The SMILES string of the molecule is COC(=O)[C@@H](C(C)C)N1C(=O)NC(COCc2ccc(-c3cccc(F)c3)cc2)C1=O. The largest absolute Gasteiger partial charge is 0.467 e. The van der Waals surface area contributed by atoms with Crippen molar-refractivity contribution in [1.82, 2.24) is 10.2 Å². The van der Waals surface area contributed by atoms with Gasteiger partial charge in [0.05, 0.1) is 20.3 Å². The highest BCUT2D eigenvalue weighted by Gasteiger charge is 2.46. The quantitative estimate of drug-likeness (QED) is 0.516. The maximum absolute atomic E-state index is 13.4. The molecule has 1 aliphatic heterocycles. The van der Waals surface area contributed by atoms with Gasteiger partial charge < -0.3 is 14.8 Å². The standard InChI is InChI=1S/C23H25FN2O5/c1-14(2)20(22(28)30-3)26-21(27)19(25-23(26)29)13-31-12-15-7-9-16(10-8-15)17-5-4-6-18(24)11-17/h4-11,14,19-20H,12-13H2,1-3H3,(H,25,29)/t19?,20-/m1/s1. The van der Waals surface area contributed by atoms with Crippen LogP contribution in [0, 0.1) is 11.7 Å². The molecule has 1 saturated heterocycles. The van der Waals surface area contributed by atoms with Gasteiger partial charge in [0.15, 0.2) is 0 Å². The fourth-order valence-corrected chi connectivity index (χ4v) is 3.48. The number of nitrogens with zero attached hydrogens (tertiary/aromatic N) is 1. The lowest BCUT2D eigenvalue weighted by Crippen LogP contribution is -2.49. The van der Waals surface area contributed by atoms with E-state index in [0.29, 0.717) is 0 Å². The van der Waals surface area contributed by atoms with E-state index in [0.717, 1.165) is 21.6 Å². The van der Waals surface area contributed by atoms with Gasteiger partial charge in [0.1, 0.15) is 17.9 Å². The van der Waals surface area contributed by atoms with Crippen molar-refractivity contribution < 1.29 is 28.2 Å². The van der Waals surface area contributed by atoms with E-state index >= 15 is 0 Å². The Bertz CT molecular complexity index is 961. The van der Waals surface area contributed by atoms with Crippen LogP contribution in [-0.4, -0.2) is 48.6 Å². The number of rotatable bonds is 8. The normalized spacial score (nSPS) is 17.1. The molecular weight excluding hydrogens is 403 g/mol. The molecule has 7 nitrogen and oxygen atoms in total. The van der Waals surface area contributed by atoms with Crippen LogP contribution in [0.15, 0.2) is 48.5 Å². The van der Waals surface area contributed by atoms with E-state index in [-0.39, 0.29) is 24.9 Å². The molecule has 1 heterocycles. The van der Waals surface area contributed by atoms with Crippen LogP contribution in [0.4, 0.5) is 9.18 Å². The summed E-state index contributed by atoms with van der Waals surface area (Å²) >= 11 is 0. The maximum Gasteiger partial charge on any atom is 0.329 e. The number of hydrogen-bond acceptors (Lipinski definition) is 5. The smallest absolute Gasteiger partial charge is 0.329 e. The van der Waals surface area contributed by atoms with E-state index < -0.39 is 30.0 Å². The first-order valence-corrected chi connectivity index (χ1v) is 9.96. The zero-order valence-corrected chi connectivity index (χ0v) is 17.6. The summed E-state index contributed by atoms with van der Waals surface area (Å²) in [6.07, 6.45) is 0. The molecule has 2 aromatic rings. The van der Waals surface area contributed by atoms with Crippen LogP contribution in [0.1, 0.15) is 19.4 Å². The van der Waals surface area contributed by atoms with Gasteiger partial charge in [0, 0.05) is 0 Å². The number of ether oxygens (including phenoxy) is 2. The van der Waals surface area contributed by atoms with Crippen LogP contribution < -0.4 is 5.32 Å². The van der Waals surface area contributed by atoms with Crippen LogP contribution in [0.2, 0.25) is 0 Å². The number of hydrogen-bond donors (Lipinski definition) is 1. The van der Waals surface area contributed by atoms with Crippen molar-refractivity contribution in [2.45, 2.75) is 32.5 Å². The molecule has 0 saturated carbocycles. The first-order valence-electron chi connectivity index (χ1n) is 9.96. The first kappa shape index (κ1) is 22.4. The summed E-state index contributed by atoms with van der Waals surface area (Å²) in [5, 5.41) is 2.56. The lowest BCUT2D eigenvalue weighted by Gasteiger charge is -2.26. The van der Waals surface area contributed by atoms with Crippen LogP contribution in [0.3, 0.4) is 0 Å². The predicted octanol–water partition coefficient (Wildman–Crippen LogP) is 3.13. The van der Waals surface area contributed by atoms with Gasteiger partial charge in [-0.15, -0.1) is 0 Å². The van der Waals surface area contributed by atoms with Gasteiger partial charge in [0.2, 0.25) is 0 Å². The lowest BCUT2D eigenvalue weighted by atomic mass is 10.0. The van der Waals surface area contributed by atoms with Crippen molar-refractivity contribution in [2.75, 3.05) is 13.7 Å². The molecule has 0 radical (unpaired) electrons. The number of halogens is 1. The Labute approximate surface area is 180 Å². The van der Waals surface area contributed by atoms with E-state index in [9.17, 15) is 18.8 Å². The average molecular weight is 428 g/mol. The highest BCUT2D eigenvalue weighted by Crippen LogP contribution is 2.22. The van der Waals surface area contributed by atoms with Gasteiger partial charge in [-0.3, -0.25) is 4.79 Å². The molecule has 2 aromatic carbocycles. The Morgan fingerprint density at radius 2 is 1.84 bits per heavy atom. The number of nitrogens with one attached hydrogen (secondary N) is 1. The number of urea groups is 1. The van der Waals surface area contributed by atoms with Crippen LogP contribution >= 0.6 is 0 Å². The van der Waals surface area contributed by atoms with Crippen LogP contribution in [0.5, 0.6) is 0 Å². The fraction of sp³-hybridized carbons (Fsp3) is 0.348. The summed E-state index contributed by atoms with van der Waals surface area (Å²) in [6.45, 7) is 3.67. The third-order valence-corrected chi connectivity index (χ3v) is 5.07. The molecule has 1 N–H and O–H groups in total. The predicted molar refractivity (Wildman–Crippen MR) is 111 cm³/mol. The van der Waals surface area contributed by atoms with Gasteiger partial charge in [-0.05, 0) is 34.7 Å². The van der Waals surface area contributed by atoms with Gasteiger partial charge >= 0.3 is 12.0 Å². The van der Waals surface area contributed by atoms with E-state index in [2.05, 4.69) is 5.32 Å². The van der Waals surface area contributed by atoms with E-state index in [4.69, 9.17) is 9.47 Å². The Morgan fingerprint density at radius 1 is 1.13 bits per heavy atom. The number of imide groups is 1. The second kappa shape index (κ2) is 9.70. The van der Waals surface area contributed by atoms with Crippen molar-refractivity contribution in [3.8, 4) is 11.1 Å². The molecule has 3 rings (SSSR count). The van der Waals surface area contributed by atoms with Crippen molar-refractivity contribution in [1.29, 1.82) is 0 Å². The van der Waals surface area contributed by atoms with Crippen molar-refractivity contribution in [3.63, 3.8) is 0 Å². The average Bonchev–Trinajstić information content (AvgIpc) is 3.02. The molecular formula is C23H25FN2O5. The summed E-state index contributed by atoms with van der Waals surface area (Å²) in [5.74, 6) is -1.75. The van der Waals surface area contributed by atoms with E-state index in [1.165, 1.54) is 19.2 Å². The molecule has 1 fully saturated rings. The summed E-state index contributed by atoms with van der Waals surface area (Å²) in [7, 11) is 1.22. The van der Waals surface area contributed by atoms with Gasteiger partial charge in [-0.25, -0.2) is 18.9 Å². The summed E-state index contributed by atoms with van der Waals surface area (Å²) < 4.78 is 23.7. The third kappa shape index (κ3) is 5.08. The van der Waals surface area contributed by atoms with Gasteiger partial charge in [-0.1, -0.05) is 50.2 Å². The molecule has 1 unspecified atom stereocenters. The number of carbonyl (C=O) groups excluding carboxylic acids is 3. The summed E-state index contributed by atoms with van der Waals surface area (Å²) in [5.41, 5.74) is 2.51. The molecule has 1 aliphatic rings. The minimum Gasteiger partial charge on any atom is -0.467 e. The molecule has 31 heavy (non-hydrogen) atoms. The van der Waals surface area contributed by atoms with E-state index in [1.54, 1.807) is 19.9 Å². The minimum absolute atomic E-state index is 0.0291. The number of carbonyl (C=O) groups is 3. The molecule has 0 aliphatic carbocycles. The monoisotopic (exact) mass is 428 g/mol. The van der Waals surface area contributed by atoms with Gasteiger partial charge in [-0.2, -0.15) is 0 Å². The number of esters is 1. The first-order chi connectivity index (χ1) is 14.8. The molecule has 164 valence electrons.